The molecule has 0 fully saturated rings. The smallest absolute Gasteiger partial charge is 0.288 e. The molecule has 0 unspecified atom stereocenters. The molecule has 1 aliphatic rings. The highest BCUT2D eigenvalue weighted by Gasteiger charge is 2.25. The van der Waals surface area contributed by atoms with Crippen LogP contribution in [0.15, 0.2) is 34.2 Å². The zero-order valence-electron chi connectivity index (χ0n) is 10.1. The topological polar surface area (TPSA) is 24.4 Å². The predicted octanol–water partition coefficient (Wildman–Crippen LogP) is 4.29. The maximum atomic E-state index is 12.4. The van der Waals surface area contributed by atoms with E-state index in [9.17, 15) is 8.78 Å². The molecule has 1 aliphatic heterocycles. The Hall–Kier alpha value is -0.750. The van der Waals surface area contributed by atoms with Crippen molar-refractivity contribution in [2.24, 2.45) is 4.99 Å². The Morgan fingerprint density at radius 3 is 2.72 bits per heavy atom. The van der Waals surface area contributed by atoms with Crippen LogP contribution in [-0.2, 0) is 0 Å². The highest BCUT2D eigenvalue weighted by molar-refractivity contribution is 8.14. The summed E-state index contributed by atoms with van der Waals surface area (Å²) < 4.78 is 24.9. The van der Waals surface area contributed by atoms with Gasteiger partial charge in [0.25, 0.3) is 5.76 Å². The van der Waals surface area contributed by atoms with Crippen LogP contribution in [0.1, 0.15) is 13.8 Å². The van der Waals surface area contributed by atoms with Crippen LogP contribution in [-0.4, -0.2) is 22.2 Å². The molecule has 0 saturated heterocycles. The van der Waals surface area contributed by atoms with E-state index >= 15 is 0 Å². The van der Waals surface area contributed by atoms with Gasteiger partial charge in [-0.1, -0.05) is 35.7 Å². The predicted molar refractivity (Wildman–Crippen MR) is 75.9 cm³/mol. The first-order valence-corrected chi connectivity index (χ1v) is 7.36. The fourth-order valence-corrected chi connectivity index (χ4v) is 3.18. The van der Waals surface area contributed by atoms with Gasteiger partial charge in [-0.05, 0) is 26.0 Å². The minimum absolute atomic E-state index is 0.0855. The number of aliphatic imine (C=N–C) groups is 1. The molecular weight excluding hydrogens is 274 g/mol. The van der Waals surface area contributed by atoms with E-state index in [0.29, 0.717) is 22.3 Å². The second kappa shape index (κ2) is 5.48. The van der Waals surface area contributed by atoms with E-state index in [-0.39, 0.29) is 5.54 Å². The van der Waals surface area contributed by atoms with Crippen molar-refractivity contribution in [1.29, 1.82) is 0 Å². The van der Waals surface area contributed by atoms with Gasteiger partial charge in [-0.3, -0.25) is 4.99 Å². The molecule has 18 heavy (non-hydrogen) atoms. The quantitative estimate of drug-likeness (QED) is 0.839. The molecule has 1 aromatic rings. The molecule has 0 saturated carbocycles. The molecule has 0 bridgehead atoms. The van der Waals surface area contributed by atoms with E-state index in [2.05, 4.69) is 24.2 Å². The summed E-state index contributed by atoms with van der Waals surface area (Å²) in [5.74, 6) is -1.51. The first-order valence-electron chi connectivity index (χ1n) is 5.50. The number of nitrogens with zero attached hydrogens (tertiary/aromatic N) is 1. The molecule has 0 radical (unpaired) electrons. The number of anilines is 1. The third kappa shape index (κ3) is 3.62. The Morgan fingerprint density at radius 2 is 2.11 bits per heavy atom. The lowest BCUT2D eigenvalue weighted by molar-refractivity contribution is 0.252. The van der Waals surface area contributed by atoms with Crippen LogP contribution in [0.25, 0.3) is 0 Å². The molecule has 0 spiro atoms. The number of hydrogen-bond donors (Lipinski definition) is 1. The minimum Gasteiger partial charge on any atom is -0.334 e. The van der Waals surface area contributed by atoms with Crippen molar-refractivity contribution in [3.8, 4) is 0 Å². The number of halogens is 2. The lowest BCUT2D eigenvalue weighted by Crippen LogP contribution is -2.15. The van der Waals surface area contributed by atoms with Gasteiger partial charge in [-0.2, -0.15) is 8.78 Å². The van der Waals surface area contributed by atoms with Crippen LogP contribution >= 0.6 is 23.5 Å². The van der Waals surface area contributed by atoms with Gasteiger partial charge in [0.2, 0.25) is 0 Å². The summed E-state index contributed by atoms with van der Waals surface area (Å²) in [6.07, 6.45) is 0. The van der Waals surface area contributed by atoms with E-state index in [0.717, 1.165) is 10.9 Å². The minimum atomic E-state index is -2.41. The number of para-hydroxylation sites is 1. The van der Waals surface area contributed by atoms with E-state index < -0.39 is 5.76 Å². The zero-order valence-corrected chi connectivity index (χ0v) is 11.7. The highest BCUT2D eigenvalue weighted by atomic mass is 32.2. The SMILES string of the molecule is CC1(C)CSC(Nc2ccccc2SC(F)F)=N1. The molecule has 1 N–H and O–H groups in total. The summed E-state index contributed by atoms with van der Waals surface area (Å²) in [4.78, 5) is 5.05. The van der Waals surface area contributed by atoms with E-state index in [4.69, 9.17) is 0 Å². The molecule has 0 amide bonds. The van der Waals surface area contributed by atoms with Crippen molar-refractivity contribution >= 4 is 34.4 Å². The maximum Gasteiger partial charge on any atom is 0.288 e. The van der Waals surface area contributed by atoms with Crippen LogP contribution < -0.4 is 5.32 Å². The third-order valence-electron chi connectivity index (χ3n) is 2.31. The summed E-state index contributed by atoms with van der Waals surface area (Å²) in [5.41, 5.74) is 0.601. The number of hydrogen-bond acceptors (Lipinski definition) is 4. The van der Waals surface area contributed by atoms with Crippen molar-refractivity contribution in [2.75, 3.05) is 11.1 Å². The van der Waals surface area contributed by atoms with Gasteiger partial charge < -0.3 is 5.32 Å². The van der Waals surface area contributed by atoms with E-state index in [1.165, 1.54) is 0 Å². The normalized spacial score (nSPS) is 17.9. The number of rotatable bonds is 3. The van der Waals surface area contributed by atoms with Gasteiger partial charge >= 0.3 is 0 Å². The summed E-state index contributed by atoms with van der Waals surface area (Å²) in [5, 5.41) is 3.92. The Bertz CT molecular complexity index is 461. The van der Waals surface area contributed by atoms with Gasteiger partial charge in [0.05, 0.1) is 11.2 Å². The second-order valence-corrected chi connectivity index (χ2v) is 6.51. The molecule has 2 nitrogen and oxygen atoms in total. The molecule has 1 aromatic carbocycles. The standard InChI is InChI=1S/C12H14F2N2S2/c1-12(2)7-17-11(16-12)15-8-5-3-4-6-9(8)18-10(13)14/h3-6,10H,7H2,1-2H3,(H,15,16). The zero-order chi connectivity index (χ0) is 13.2. The number of benzene rings is 1. The van der Waals surface area contributed by atoms with Crippen LogP contribution in [0.2, 0.25) is 0 Å². The Kier molecular flexibility index (Phi) is 4.17. The molecule has 0 aliphatic carbocycles. The number of nitrogens with one attached hydrogen (secondary N) is 1. The monoisotopic (exact) mass is 288 g/mol. The summed E-state index contributed by atoms with van der Waals surface area (Å²) >= 11 is 2.16. The van der Waals surface area contributed by atoms with Crippen LogP contribution in [0.5, 0.6) is 0 Å². The molecule has 98 valence electrons. The summed E-state index contributed by atoms with van der Waals surface area (Å²) in [7, 11) is 0. The lowest BCUT2D eigenvalue weighted by atomic mass is 10.1. The number of amidine groups is 1. The third-order valence-corrected chi connectivity index (χ3v) is 4.42. The molecule has 0 aromatic heterocycles. The maximum absolute atomic E-state index is 12.4. The van der Waals surface area contributed by atoms with E-state index in [1.807, 2.05) is 6.07 Å². The van der Waals surface area contributed by atoms with Crippen molar-refractivity contribution in [3.63, 3.8) is 0 Å². The first kappa shape index (κ1) is 13.7. The molecule has 6 heteroatoms. The van der Waals surface area contributed by atoms with Gasteiger partial charge in [-0.15, -0.1) is 0 Å². The first-order chi connectivity index (χ1) is 8.46. The summed E-state index contributed by atoms with van der Waals surface area (Å²) in [6.45, 7) is 4.10. The van der Waals surface area contributed by atoms with Crippen LogP contribution in [0, 0.1) is 0 Å². The second-order valence-electron chi connectivity index (χ2n) is 4.52. The lowest BCUT2D eigenvalue weighted by Gasteiger charge is -2.11. The molecule has 1 heterocycles. The average Bonchev–Trinajstić information content (AvgIpc) is 2.60. The van der Waals surface area contributed by atoms with Crippen molar-refractivity contribution in [1.82, 2.24) is 0 Å². The van der Waals surface area contributed by atoms with Gasteiger partial charge in [0.15, 0.2) is 5.17 Å². The fraction of sp³-hybridized carbons (Fsp3) is 0.417. The van der Waals surface area contributed by atoms with Crippen LogP contribution in [0.4, 0.5) is 14.5 Å². The number of alkyl halides is 2. The number of thioether (sulfide) groups is 2. The summed E-state index contributed by atoms with van der Waals surface area (Å²) in [6, 6.07) is 7.05. The molecular formula is C12H14F2N2S2. The van der Waals surface area contributed by atoms with Gasteiger partial charge in [0.1, 0.15) is 0 Å². The van der Waals surface area contributed by atoms with Crippen molar-refractivity contribution < 1.29 is 8.78 Å². The average molecular weight is 288 g/mol. The molecule has 0 atom stereocenters. The molecule has 2 rings (SSSR count). The largest absolute Gasteiger partial charge is 0.334 e. The Labute approximate surface area is 114 Å². The van der Waals surface area contributed by atoms with Crippen molar-refractivity contribution in [3.05, 3.63) is 24.3 Å². The Morgan fingerprint density at radius 1 is 1.39 bits per heavy atom. The Balaban J connectivity index is 2.14. The van der Waals surface area contributed by atoms with Crippen LogP contribution in [0.3, 0.4) is 0 Å². The highest BCUT2D eigenvalue weighted by Crippen LogP contribution is 2.34. The van der Waals surface area contributed by atoms with Gasteiger partial charge in [-0.25, -0.2) is 0 Å². The van der Waals surface area contributed by atoms with E-state index in [1.54, 1.807) is 30.0 Å². The fourth-order valence-electron chi connectivity index (χ4n) is 1.53. The van der Waals surface area contributed by atoms with Gasteiger partial charge in [0, 0.05) is 10.6 Å². The van der Waals surface area contributed by atoms with Crippen molar-refractivity contribution in [2.45, 2.75) is 30.0 Å².